The molecule has 4 rings (SSSR count). The molecule has 7 N–H and O–H groups in total. The lowest BCUT2D eigenvalue weighted by atomic mass is 9.93. The predicted molar refractivity (Wildman–Crippen MR) is 332 cm³/mol. The predicted octanol–water partition coefficient (Wildman–Crippen LogP) is 10.3. The first-order valence-electron chi connectivity index (χ1n) is 30.5. The molecule has 0 radical (unpaired) electrons. The lowest BCUT2D eigenvalue weighted by Crippen LogP contribution is -2.43. The minimum atomic E-state index is -0.981. The molecule has 0 heterocycles. The molecule has 4 amide bonds. The van der Waals surface area contributed by atoms with Crippen LogP contribution in [0.5, 0.6) is 23.0 Å². The molecule has 17 nitrogen and oxygen atoms in total. The third kappa shape index (κ3) is 22.8. The first kappa shape index (κ1) is 70.1. The van der Waals surface area contributed by atoms with Crippen molar-refractivity contribution in [2.24, 2.45) is 35.1 Å². The SMILES string of the molecule is CCCOc1ccc(CC(=O)[C@H](CC(C)C)NC(=O)c2cc(CC(=O)[C@H](CC(C)C)NC(=O)c3cc(CC(=O)[C@H](CC(C)C)NC(=O)c4cc(CC(=O)[C@@H](N)CC(C)C)ccc4OCCC)ccc3OCCC)ccc2OCCC)cc1C(N)=O. The second-order valence-electron chi connectivity index (χ2n) is 23.9. The van der Waals surface area contributed by atoms with Crippen molar-refractivity contribution in [1.82, 2.24) is 16.0 Å². The van der Waals surface area contributed by atoms with Gasteiger partial charge in [0.15, 0.2) is 23.1 Å². The molecule has 0 aliphatic rings. The van der Waals surface area contributed by atoms with E-state index in [0.717, 1.165) is 6.42 Å². The van der Waals surface area contributed by atoms with Crippen LogP contribution < -0.4 is 46.4 Å². The van der Waals surface area contributed by atoms with Gasteiger partial charge in [-0.3, -0.25) is 38.4 Å². The Morgan fingerprint density at radius 3 is 0.871 bits per heavy atom. The van der Waals surface area contributed by atoms with Crippen LogP contribution in [0.25, 0.3) is 0 Å². The average Bonchev–Trinajstić information content (AvgIpc) is 3.49. The van der Waals surface area contributed by atoms with Gasteiger partial charge in [0.25, 0.3) is 23.6 Å². The third-order valence-corrected chi connectivity index (χ3v) is 13.9. The zero-order chi connectivity index (χ0) is 62.9. The van der Waals surface area contributed by atoms with E-state index in [9.17, 15) is 38.4 Å². The lowest BCUT2D eigenvalue weighted by Gasteiger charge is -2.23. The molecule has 0 aliphatic heterocycles. The van der Waals surface area contributed by atoms with E-state index in [0.29, 0.717) is 98.7 Å². The fourth-order valence-corrected chi connectivity index (χ4v) is 9.70. The number of hydrogen-bond donors (Lipinski definition) is 5. The fraction of sp³-hybridized carbons (Fsp3) is 0.529. The molecule has 85 heavy (non-hydrogen) atoms. The van der Waals surface area contributed by atoms with Crippen molar-refractivity contribution in [2.75, 3.05) is 26.4 Å². The summed E-state index contributed by atoms with van der Waals surface area (Å²) in [5.41, 5.74) is 14.6. The molecule has 0 saturated carbocycles. The number of carbonyl (C=O) groups excluding carboxylic acids is 8. The van der Waals surface area contributed by atoms with Gasteiger partial charge in [-0.1, -0.05) is 107 Å². The van der Waals surface area contributed by atoms with Crippen LogP contribution in [-0.2, 0) is 44.9 Å². The summed E-state index contributed by atoms with van der Waals surface area (Å²) in [4.78, 5) is 112. The number of primary amides is 1. The number of carbonyl (C=O) groups is 8. The van der Waals surface area contributed by atoms with Gasteiger partial charge in [0.1, 0.15) is 23.0 Å². The highest BCUT2D eigenvalue weighted by atomic mass is 16.5. The molecule has 0 unspecified atom stereocenters. The number of Topliss-reactive ketones (excluding diaryl/α,β-unsaturated/α-hetero) is 4. The summed E-state index contributed by atoms with van der Waals surface area (Å²) in [6, 6.07) is 16.3. The Hall–Kier alpha value is -7.40. The Bertz CT molecular complexity index is 2910. The highest BCUT2D eigenvalue weighted by Crippen LogP contribution is 2.28. The van der Waals surface area contributed by atoms with Crippen molar-refractivity contribution in [2.45, 2.75) is 184 Å². The molecule has 0 bridgehead atoms. The van der Waals surface area contributed by atoms with Crippen LogP contribution in [0.3, 0.4) is 0 Å². The zero-order valence-electron chi connectivity index (χ0n) is 52.4. The molecule has 0 spiro atoms. The van der Waals surface area contributed by atoms with Gasteiger partial charge in [-0.2, -0.15) is 0 Å². The van der Waals surface area contributed by atoms with E-state index in [1.54, 1.807) is 72.8 Å². The quantitative estimate of drug-likeness (QED) is 0.0279. The van der Waals surface area contributed by atoms with Crippen LogP contribution in [0.4, 0.5) is 0 Å². The minimum absolute atomic E-state index is 0.000418. The van der Waals surface area contributed by atoms with E-state index in [-0.39, 0.29) is 113 Å². The molecule has 0 aliphatic carbocycles. The highest BCUT2D eigenvalue weighted by Gasteiger charge is 2.30. The maximum absolute atomic E-state index is 14.6. The van der Waals surface area contributed by atoms with E-state index < -0.39 is 47.8 Å². The second-order valence-corrected chi connectivity index (χ2v) is 23.9. The van der Waals surface area contributed by atoms with Crippen molar-refractivity contribution >= 4 is 46.8 Å². The van der Waals surface area contributed by atoms with Crippen molar-refractivity contribution in [3.63, 3.8) is 0 Å². The smallest absolute Gasteiger partial charge is 0.255 e. The Labute approximate surface area is 504 Å². The Morgan fingerprint density at radius 1 is 0.376 bits per heavy atom. The summed E-state index contributed by atoms with van der Waals surface area (Å²) in [5, 5.41) is 8.88. The molecular formula is C68H95N5O12. The van der Waals surface area contributed by atoms with Crippen LogP contribution in [0.2, 0.25) is 0 Å². The topological polar surface area (TPSA) is 262 Å². The molecule has 4 aromatic carbocycles. The lowest BCUT2D eigenvalue weighted by molar-refractivity contribution is -0.121. The normalized spacial score (nSPS) is 12.8. The van der Waals surface area contributed by atoms with Gasteiger partial charge in [0, 0.05) is 25.7 Å². The highest BCUT2D eigenvalue weighted by molar-refractivity contribution is 6.03. The number of nitrogens with two attached hydrogens (primary N) is 2. The van der Waals surface area contributed by atoms with Crippen LogP contribution in [0.1, 0.15) is 198 Å². The molecule has 4 aromatic rings. The van der Waals surface area contributed by atoms with Crippen LogP contribution in [-0.4, -0.2) is 97.4 Å². The summed E-state index contributed by atoms with van der Waals surface area (Å²) in [6.45, 7) is 24.7. The van der Waals surface area contributed by atoms with Crippen LogP contribution >= 0.6 is 0 Å². The van der Waals surface area contributed by atoms with E-state index in [2.05, 4.69) is 16.0 Å². The monoisotopic (exact) mass is 1170 g/mol. The molecule has 4 atom stereocenters. The number of rotatable bonds is 39. The Morgan fingerprint density at radius 2 is 0.624 bits per heavy atom. The Balaban J connectivity index is 1.61. The molecule has 17 heteroatoms. The first-order valence-corrected chi connectivity index (χ1v) is 30.5. The molecule has 0 fully saturated rings. The standard InChI is InChI=1S/C68H95N5O12/c1-13-25-82-61-21-17-45(33-49(61)65(70)78)38-58(75)54(30-42(7)8)71-67(80)51-35-47(19-23-63(51)84-27-15-3)40-60(77)56(32-44(11)12)73-68(81)52-36-48(20-24-64(52)85-28-16-4)39-59(76)55(31-43(9)10)72-66(79)50-34-46(18-22-62(50)83-26-14-2)37-57(74)53(69)29-41(5)6/h17-24,33-36,41-44,53-56H,13-16,25-32,37-40,69H2,1-12H3,(H2,70,78)(H,71,80)(H,72,79)(H,73,81)/t53-,54-,55-,56-/m0/s1. The van der Waals surface area contributed by atoms with Crippen molar-refractivity contribution in [3.05, 3.63) is 117 Å². The van der Waals surface area contributed by atoms with E-state index in [1.807, 2.05) is 83.1 Å². The second kappa shape index (κ2) is 35.2. The number of hydrogen-bond acceptors (Lipinski definition) is 13. The number of amides is 4. The summed E-state index contributed by atoms with van der Waals surface area (Å²) in [6.07, 6.45) is 3.76. The zero-order valence-corrected chi connectivity index (χ0v) is 52.4. The van der Waals surface area contributed by atoms with Gasteiger partial charge in [-0.25, -0.2) is 0 Å². The number of ketones is 4. The van der Waals surface area contributed by atoms with E-state index >= 15 is 0 Å². The number of benzene rings is 4. The van der Waals surface area contributed by atoms with Gasteiger partial charge >= 0.3 is 0 Å². The van der Waals surface area contributed by atoms with Crippen molar-refractivity contribution in [1.29, 1.82) is 0 Å². The van der Waals surface area contributed by atoms with Gasteiger partial charge < -0.3 is 46.4 Å². The summed E-state index contributed by atoms with van der Waals surface area (Å²) in [5.74, 6) is -2.06. The maximum Gasteiger partial charge on any atom is 0.255 e. The molecule has 0 saturated heterocycles. The maximum atomic E-state index is 14.6. The van der Waals surface area contributed by atoms with E-state index in [4.69, 9.17) is 30.4 Å². The molecule has 464 valence electrons. The average molecular weight is 1170 g/mol. The number of ether oxygens (including phenoxy) is 4. The minimum Gasteiger partial charge on any atom is -0.493 e. The largest absolute Gasteiger partial charge is 0.493 e. The summed E-state index contributed by atoms with van der Waals surface area (Å²) in [7, 11) is 0. The van der Waals surface area contributed by atoms with Crippen LogP contribution in [0, 0.1) is 23.7 Å². The van der Waals surface area contributed by atoms with Gasteiger partial charge in [-0.15, -0.1) is 0 Å². The van der Waals surface area contributed by atoms with Crippen LogP contribution in [0.15, 0.2) is 72.8 Å². The van der Waals surface area contributed by atoms with Crippen molar-refractivity contribution in [3.8, 4) is 23.0 Å². The van der Waals surface area contributed by atoms with E-state index in [1.165, 1.54) is 0 Å². The Kier molecular flexibility index (Phi) is 29.0. The van der Waals surface area contributed by atoms with Gasteiger partial charge in [-0.05, 0) is 146 Å². The van der Waals surface area contributed by atoms with Crippen molar-refractivity contribution < 1.29 is 57.3 Å². The van der Waals surface area contributed by atoms with Gasteiger partial charge in [0.2, 0.25) is 0 Å². The molecule has 0 aromatic heterocycles. The number of nitrogens with one attached hydrogen (secondary N) is 3. The summed E-state index contributed by atoms with van der Waals surface area (Å²) >= 11 is 0. The third-order valence-electron chi connectivity index (χ3n) is 13.9. The fourth-order valence-electron chi connectivity index (χ4n) is 9.70. The summed E-state index contributed by atoms with van der Waals surface area (Å²) < 4.78 is 23.8. The van der Waals surface area contributed by atoms with Gasteiger partial charge in [0.05, 0.1) is 72.8 Å². The molecular weight excluding hydrogens is 1080 g/mol. The first-order chi connectivity index (χ1) is 40.4.